The molecule has 0 unspecified atom stereocenters. The number of allylic oxidation sites excluding steroid dienone is 1. The summed E-state index contributed by atoms with van der Waals surface area (Å²) < 4.78 is 15.6. The van der Waals surface area contributed by atoms with Gasteiger partial charge in [-0.15, -0.1) is 0 Å². The minimum atomic E-state index is -2.48. The molecule has 0 aromatic carbocycles. The van der Waals surface area contributed by atoms with Gasteiger partial charge in [0.1, 0.15) is 0 Å². The van der Waals surface area contributed by atoms with Gasteiger partial charge < -0.3 is 13.3 Å². The van der Waals surface area contributed by atoms with Gasteiger partial charge in [-0.3, -0.25) is 4.79 Å². The molecule has 0 spiro atoms. The van der Waals surface area contributed by atoms with E-state index < -0.39 is 8.80 Å². The summed E-state index contributed by atoms with van der Waals surface area (Å²) in [6, 6.07) is 0.649. The molecule has 0 saturated heterocycles. The van der Waals surface area contributed by atoms with E-state index in [9.17, 15) is 4.79 Å². The fraction of sp³-hybridized carbons (Fsp3) is 0.667. The summed E-state index contributed by atoms with van der Waals surface area (Å²) in [5.74, 6) is 0.0382. The number of carbonyl (C=O) groups is 1. The first kappa shape index (κ1) is 13.5. The Hall–Kier alpha value is -0.493. The van der Waals surface area contributed by atoms with Gasteiger partial charge in [-0.05, 0) is 12.5 Å². The van der Waals surface area contributed by atoms with Crippen molar-refractivity contribution in [2.24, 2.45) is 0 Å². The van der Waals surface area contributed by atoms with Crippen molar-refractivity contribution in [2.45, 2.75) is 18.9 Å². The molecule has 0 aliphatic rings. The summed E-state index contributed by atoms with van der Waals surface area (Å²) in [6.45, 7) is 3.40. The molecule has 0 radical (unpaired) electrons. The monoisotopic (exact) mass is 218 g/mol. The summed E-state index contributed by atoms with van der Waals surface area (Å²) in [4.78, 5) is 10.9. The predicted octanol–water partition coefficient (Wildman–Crippen LogP) is 1.40. The van der Waals surface area contributed by atoms with E-state index >= 15 is 0 Å². The molecule has 5 heteroatoms. The largest absolute Gasteiger partial charge is 0.500 e. The lowest BCUT2D eigenvalue weighted by Gasteiger charge is -2.23. The van der Waals surface area contributed by atoms with Crippen molar-refractivity contribution < 1.29 is 18.1 Å². The molecular formula is C9H18O4Si. The van der Waals surface area contributed by atoms with E-state index in [2.05, 4.69) is 6.58 Å². The van der Waals surface area contributed by atoms with Crippen molar-refractivity contribution in [3.8, 4) is 0 Å². The van der Waals surface area contributed by atoms with Crippen LogP contribution in [0.1, 0.15) is 12.8 Å². The zero-order chi connectivity index (χ0) is 11.0. The lowest BCUT2D eigenvalue weighted by Crippen LogP contribution is -2.42. The lowest BCUT2D eigenvalue weighted by atomic mass is 10.2. The second-order valence-electron chi connectivity index (χ2n) is 2.82. The van der Waals surface area contributed by atoms with Crippen LogP contribution in [0.2, 0.25) is 6.04 Å². The molecule has 0 rings (SSSR count). The third-order valence-electron chi connectivity index (χ3n) is 2.07. The topological polar surface area (TPSA) is 44.8 Å². The van der Waals surface area contributed by atoms with Crippen LogP contribution >= 0.6 is 0 Å². The van der Waals surface area contributed by atoms with Crippen LogP contribution in [0.5, 0.6) is 0 Å². The van der Waals surface area contributed by atoms with Crippen LogP contribution in [-0.4, -0.2) is 35.9 Å². The molecule has 0 amide bonds. The van der Waals surface area contributed by atoms with E-state index in [1.807, 2.05) is 0 Å². The second kappa shape index (κ2) is 6.89. The number of carbonyl (C=O) groups excluding carboxylic acids is 1. The molecule has 0 aromatic heterocycles. The van der Waals surface area contributed by atoms with Gasteiger partial charge in [0.15, 0.2) is 5.78 Å². The Kier molecular flexibility index (Phi) is 6.64. The van der Waals surface area contributed by atoms with E-state index in [-0.39, 0.29) is 5.78 Å². The minimum absolute atomic E-state index is 0.0382. The third kappa shape index (κ3) is 4.14. The summed E-state index contributed by atoms with van der Waals surface area (Å²) in [7, 11) is 2.21. The number of rotatable bonds is 8. The van der Waals surface area contributed by atoms with Crippen molar-refractivity contribution >= 4 is 14.6 Å². The van der Waals surface area contributed by atoms with Crippen molar-refractivity contribution in [1.82, 2.24) is 0 Å². The first-order chi connectivity index (χ1) is 6.64. The van der Waals surface area contributed by atoms with Gasteiger partial charge >= 0.3 is 8.80 Å². The molecule has 0 aliphatic carbocycles. The number of ketones is 1. The Morgan fingerprint density at radius 2 is 1.79 bits per heavy atom. The SMILES string of the molecule is C=CC(=O)CCC[Si](OC)(OC)OC. The molecule has 0 saturated carbocycles. The lowest BCUT2D eigenvalue weighted by molar-refractivity contribution is -0.114. The van der Waals surface area contributed by atoms with Crippen LogP contribution < -0.4 is 0 Å². The summed E-state index contributed by atoms with van der Waals surface area (Å²) in [5.41, 5.74) is 0. The van der Waals surface area contributed by atoms with Crippen molar-refractivity contribution in [3.63, 3.8) is 0 Å². The van der Waals surface area contributed by atoms with Gasteiger partial charge in [0.05, 0.1) is 0 Å². The zero-order valence-corrected chi connectivity index (χ0v) is 10.0. The third-order valence-corrected chi connectivity index (χ3v) is 4.90. The van der Waals surface area contributed by atoms with Gasteiger partial charge in [0, 0.05) is 33.8 Å². The van der Waals surface area contributed by atoms with E-state index in [0.29, 0.717) is 18.9 Å². The molecule has 0 aromatic rings. The molecule has 0 heterocycles. The molecule has 0 atom stereocenters. The average Bonchev–Trinajstić information content (AvgIpc) is 2.25. The molecule has 0 aliphatic heterocycles. The zero-order valence-electron chi connectivity index (χ0n) is 9.04. The Bertz CT molecular complexity index is 181. The Balaban J connectivity index is 3.94. The van der Waals surface area contributed by atoms with Gasteiger partial charge in [-0.1, -0.05) is 6.58 Å². The maximum atomic E-state index is 10.9. The fourth-order valence-electron chi connectivity index (χ4n) is 1.14. The fourth-order valence-corrected chi connectivity index (χ4v) is 2.86. The summed E-state index contributed by atoms with van der Waals surface area (Å²) in [5, 5.41) is 0. The molecule has 14 heavy (non-hydrogen) atoms. The molecule has 82 valence electrons. The molecular weight excluding hydrogens is 200 g/mol. The van der Waals surface area contributed by atoms with E-state index in [1.54, 1.807) is 21.3 Å². The van der Waals surface area contributed by atoms with Crippen LogP contribution in [0.25, 0.3) is 0 Å². The predicted molar refractivity (Wildman–Crippen MR) is 56.0 cm³/mol. The molecule has 0 N–H and O–H groups in total. The van der Waals surface area contributed by atoms with Crippen molar-refractivity contribution in [1.29, 1.82) is 0 Å². The summed E-state index contributed by atoms with van der Waals surface area (Å²) >= 11 is 0. The van der Waals surface area contributed by atoms with Crippen LogP contribution in [0, 0.1) is 0 Å². The van der Waals surface area contributed by atoms with E-state index in [4.69, 9.17) is 13.3 Å². The number of hydrogen-bond donors (Lipinski definition) is 0. The van der Waals surface area contributed by atoms with Crippen LogP contribution in [0.3, 0.4) is 0 Å². The van der Waals surface area contributed by atoms with E-state index in [0.717, 1.165) is 0 Å². The Morgan fingerprint density at radius 3 is 2.14 bits per heavy atom. The highest BCUT2D eigenvalue weighted by atomic mass is 28.4. The van der Waals surface area contributed by atoms with Crippen LogP contribution in [0.4, 0.5) is 0 Å². The maximum Gasteiger partial charge on any atom is 0.500 e. The quantitative estimate of drug-likeness (QED) is 0.456. The Labute approximate surface area is 86.2 Å². The highest BCUT2D eigenvalue weighted by Crippen LogP contribution is 2.16. The molecule has 0 fully saturated rings. The maximum absolute atomic E-state index is 10.9. The van der Waals surface area contributed by atoms with Crippen molar-refractivity contribution in [2.75, 3.05) is 21.3 Å². The minimum Gasteiger partial charge on any atom is -0.377 e. The second-order valence-corrected chi connectivity index (χ2v) is 5.91. The van der Waals surface area contributed by atoms with Crippen molar-refractivity contribution in [3.05, 3.63) is 12.7 Å². The highest BCUT2D eigenvalue weighted by molar-refractivity contribution is 6.60. The smallest absolute Gasteiger partial charge is 0.377 e. The molecule has 4 nitrogen and oxygen atoms in total. The molecule has 0 bridgehead atoms. The first-order valence-electron chi connectivity index (χ1n) is 4.45. The van der Waals surface area contributed by atoms with Crippen LogP contribution in [-0.2, 0) is 18.1 Å². The van der Waals surface area contributed by atoms with Gasteiger partial charge in [-0.2, -0.15) is 0 Å². The normalized spacial score (nSPS) is 11.4. The van der Waals surface area contributed by atoms with E-state index in [1.165, 1.54) is 6.08 Å². The standard InChI is InChI=1S/C9H18O4Si/c1-5-9(10)7-6-8-14(11-2,12-3)13-4/h5H,1,6-8H2,2-4H3. The van der Waals surface area contributed by atoms with Gasteiger partial charge in [0.2, 0.25) is 0 Å². The highest BCUT2D eigenvalue weighted by Gasteiger charge is 2.36. The summed E-state index contributed by atoms with van der Waals surface area (Å²) in [6.07, 6.45) is 2.50. The average molecular weight is 218 g/mol. The van der Waals surface area contributed by atoms with Gasteiger partial charge in [-0.25, -0.2) is 0 Å². The Morgan fingerprint density at radius 1 is 1.29 bits per heavy atom. The first-order valence-corrected chi connectivity index (χ1v) is 6.38. The van der Waals surface area contributed by atoms with Crippen LogP contribution in [0.15, 0.2) is 12.7 Å². The van der Waals surface area contributed by atoms with Gasteiger partial charge in [0.25, 0.3) is 0 Å². The number of hydrogen-bond acceptors (Lipinski definition) is 4.